The van der Waals surface area contributed by atoms with Crippen LogP contribution in [0.5, 0.6) is 11.5 Å². The number of hydrogen-bond donors (Lipinski definition) is 4. The zero-order chi connectivity index (χ0) is 31.6. The summed E-state index contributed by atoms with van der Waals surface area (Å²) in [6.45, 7) is 3.09. The van der Waals surface area contributed by atoms with Gasteiger partial charge in [0.25, 0.3) is 5.91 Å². The molecule has 232 valence electrons. The molecule has 1 aromatic heterocycles. The lowest BCUT2D eigenvalue weighted by Gasteiger charge is -2.32. The molecule has 1 amide bonds. The second-order valence-electron chi connectivity index (χ2n) is 10.5. The number of carbonyl (C=O) groups excluding carboxylic acids is 1. The zero-order valence-electron chi connectivity index (χ0n) is 24.2. The van der Waals surface area contributed by atoms with Crippen molar-refractivity contribution in [3.63, 3.8) is 0 Å². The average Bonchev–Trinajstić information content (AvgIpc) is 3.23. The number of anilines is 1. The van der Waals surface area contributed by atoms with Crippen molar-refractivity contribution in [2.75, 3.05) is 51.9 Å². The topological polar surface area (TPSA) is 116 Å². The number of benzene rings is 2. The van der Waals surface area contributed by atoms with Gasteiger partial charge in [0, 0.05) is 30.3 Å². The van der Waals surface area contributed by atoms with Crippen molar-refractivity contribution in [2.45, 2.75) is 31.2 Å². The lowest BCUT2D eigenvalue weighted by Crippen LogP contribution is -2.52. The number of ether oxygens (including phenoxy) is 2. The predicted octanol–water partition coefficient (Wildman–Crippen LogP) is 3.72. The molecule has 2 atom stereocenters. The van der Waals surface area contributed by atoms with Crippen LogP contribution in [0, 0.1) is 5.82 Å². The highest BCUT2D eigenvalue weighted by Gasteiger charge is 2.57. The molecule has 2 heterocycles. The summed E-state index contributed by atoms with van der Waals surface area (Å²) >= 11 is 0. The van der Waals surface area contributed by atoms with Crippen LogP contribution >= 0.6 is 0 Å². The Hall–Kier alpha value is -3.94. The number of aromatic nitrogens is 1. The Kier molecular flexibility index (Phi) is 9.19. The lowest BCUT2D eigenvalue weighted by atomic mass is 9.88. The molecule has 2 aromatic carbocycles. The average molecular weight is 607 g/mol. The number of pyridine rings is 1. The molecule has 1 unspecified atom stereocenters. The molecule has 0 fully saturated rings. The number of hydrogen-bond acceptors (Lipinski definition) is 8. The van der Waals surface area contributed by atoms with Crippen LogP contribution < -0.4 is 25.0 Å². The third-order valence-corrected chi connectivity index (χ3v) is 7.38. The van der Waals surface area contributed by atoms with Gasteiger partial charge < -0.3 is 35.2 Å². The number of carbonyl (C=O) groups is 1. The van der Waals surface area contributed by atoms with E-state index >= 15 is 0 Å². The summed E-state index contributed by atoms with van der Waals surface area (Å²) in [5.74, 6) is -1.08. The van der Waals surface area contributed by atoms with Crippen LogP contribution in [0.4, 0.5) is 23.2 Å². The highest BCUT2D eigenvalue weighted by atomic mass is 19.4. The number of likely N-dealkylation sites (N-methyl/N-ethyl adjacent to an activating group) is 2. The highest BCUT2D eigenvalue weighted by Crippen LogP contribution is 2.47. The number of fused-ring (bicyclic) bond motifs is 1. The molecule has 0 aliphatic carbocycles. The summed E-state index contributed by atoms with van der Waals surface area (Å²) in [6, 6.07) is 10.4. The minimum Gasteiger partial charge on any atom is -0.493 e. The first-order chi connectivity index (χ1) is 20.3. The minimum absolute atomic E-state index is 0.0309. The number of aliphatic hydroxyl groups is 2. The van der Waals surface area contributed by atoms with Gasteiger partial charge in [0.15, 0.2) is 11.5 Å². The fraction of sp³-hybridized carbons (Fsp3) is 0.400. The van der Waals surface area contributed by atoms with Crippen molar-refractivity contribution in [1.29, 1.82) is 0 Å². The number of alkyl halides is 3. The number of methoxy groups -OCH3 is 1. The van der Waals surface area contributed by atoms with Crippen LogP contribution in [0.1, 0.15) is 35.5 Å². The van der Waals surface area contributed by atoms with Gasteiger partial charge in [-0.15, -0.1) is 0 Å². The minimum atomic E-state index is -5.25. The Labute approximate surface area is 246 Å². The molecule has 9 nitrogen and oxygen atoms in total. The molecule has 1 aliphatic heterocycles. The van der Waals surface area contributed by atoms with E-state index in [1.807, 2.05) is 18.7 Å². The molecule has 0 saturated carbocycles. The van der Waals surface area contributed by atoms with Crippen LogP contribution in [0.25, 0.3) is 11.3 Å². The van der Waals surface area contributed by atoms with Crippen molar-refractivity contribution in [3.8, 4) is 22.8 Å². The first kappa shape index (κ1) is 32.0. The summed E-state index contributed by atoms with van der Waals surface area (Å²) in [4.78, 5) is 19.1. The van der Waals surface area contributed by atoms with E-state index in [0.29, 0.717) is 29.9 Å². The fourth-order valence-electron chi connectivity index (χ4n) is 5.28. The molecule has 4 rings (SSSR count). The van der Waals surface area contributed by atoms with E-state index in [9.17, 15) is 27.5 Å². The van der Waals surface area contributed by atoms with E-state index < -0.39 is 41.3 Å². The SMILES string of the molecule is CCN[C@]1(C)CN(C)c2c1cc(C(O)(CNC(=O)c1ccc(OCCO)c(OC)c1)C(F)(F)F)nc2-c1ccc(F)cc1. The number of aliphatic hydroxyl groups excluding tert-OH is 1. The third kappa shape index (κ3) is 6.24. The first-order valence-corrected chi connectivity index (χ1v) is 13.5. The molecule has 1 aliphatic rings. The molecule has 4 N–H and O–H groups in total. The van der Waals surface area contributed by atoms with Crippen LogP contribution in [-0.4, -0.2) is 74.3 Å². The Balaban J connectivity index is 1.77. The van der Waals surface area contributed by atoms with Crippen molar-refractivity contribution in [1.82, 2.24) is 15.6 Å². The monoisotopic (exact) mass is 606 g/mol. The Morgan fingerprint density at radius 3 is 2.44 bits per heavy atom. The van der Waals surface area contributed by atoms with Crippen molar-refractivity contribution in [2.24, 2.45) is 0 Å². The maximum atomic E-state index is 14.7. The molecule has 13 heteroatoms. The molecule has 0 radical (unpaired) electrons. The smallest absolute Gasteiger partial charge is 0.424 e. The van der Waals surface area contributed by atoms with E-state index in [-0.39, 0.29) is 36.0 Å². The first-order valence-electron chi connectivity index (χ1n) is 13.5. The fourth-order valence-corrected chi connectivity index (χ4v) is 5.28. The van der Waals surface area contributed by atoms with Crippen LogP contribution in [0.2, 0.25) is 0 Å². The van der Waals surface area contributed by atoms with Crippen LogP contribution in [-0.2, 0) is 11.1 Å². The summed E-state index contributed by atoms with van der Waals surface area (Å²) in [5, 5.41) is 25.8. The second-order valence-corrected chi connectivity index (χ2v) is 10.5. The molecule has 0 spiro atoms. The van der Waals surface area contributed by atoms with E-state index in [1.165, 1.54) is 55.6 Å². The number of rotatable bonds is 11. The molecule has 0 saturated heterocycles. The normalized spacial score (nSPS) is 17.8. The second kappa shape index (κ2) is 12.3. The van der Waals surface area contributed by atoms with Crippen molar-refractivity contribution < 1.29 is 42.0 Å². The van der Waals surface area contributed by atoms with Gasteiger partial charge in [-0.25, -0.2) is 9.37 Å². The third-order valence-electron chi connectivity index (χ3n) is 7.38. The van der Waals surface area contributed by atoms with Crippen LogP contribution in [0.15, 0.2) is 48.5 Å². The molecular weight excluding hydrogens is 572 g/mol. The van der Waals surface area contributed by atoms with E-state index in [1.54, 1.807) is 7.05 Å². The van der Waals surface area contributed by atoms with Gasteiger partial charge in [-0.3, -0.25) is 4.79 Å². The number of halogens is 4. The molecule has 0 bridgehead atoms. The molecule has 3 aromatic rings. The van der Waals surface area contributed by atoms with Gasteiger partial charge >= 0.3 is 6.18 Å². The maximum Gasteiger partial charge on any atom is 0.424 e. The maximum absolute atomic E-state index is 14.7. The zero-order valence-corrected chi connectivity index (χ0v) is 24.2. The largest absolute Gasteiger partial charge is 0.493 e. The van der Waals surface area contributed by atoms with Gasteiger partial charge in [0.2, 0.25) is 5.60 Å². The molecule has 43 heavy (non-hydrogen) atoms. The highest BCUT2D eigenvalue weighted by molar-refractivity contribution is 5.95. The van der Waals surface area contributed by atoms with E-state index in [0.717, 1.165) is 0 Å². The Bertz CT molecular complexity index is 1470. The summed E-state index contributed by atoms with van der Waals surface area (Å²) in [7, 11) is 3.10. The standard InChI is InChI=1S/C30H34F4N4O5/c1-5-36-28(2)17-38(3)26-21(28)15-24(37-25(26)18-6-9-20(31)10-7-18)29(41,30(32,33)34)16-35-27(40)19-8-11-22(43-13-12-39)23(14-19)42-4/h6-11,14-15,36,39,41H,5,12-13,16-17H2,1-4H3,(H,35,40)/t28-,29?/m1/s1. The summed E-state index contributed by atoms with van der Waals surface area (Å²) in [6.07, 6.45) is -5.25. The van der Waals surface area contributed by atoms with Crippen molar-refractivity contribution in [3.05, 3.63) is 71.2 Å². The lowest BCUT2D eigenvalue weighted by molar-refractivity contribution is -0.265. The summed E-state index contributed by atoms with van der Waals surface area (Å²) in [5.41, 5.74) is -3.64. The van der Waals surface area contributed by atoms with E-state index in [2.05, 4.69) is 15.6 Å². The predicted molar refractivity (Wildman–Crippen MR) is 152 cm³/mol. The van der Waals surface area contributed by atoms with Gasteiger partial charge in [0.1, 0.15) is 12.4 Å². The Morgan fingerprint density at radius 2 is 1.84 bits per heavy atom. The Morgan fingerprint density at radius 1 is 1.14 bits per heavy atom. The summed E-state index contributed by atoms with van der Waals surface area (Å²) < 4.78 is 68.4. The van der Waals surface area contributed by atoms with Gasteiger partial charge in [-0.2, -0.15) is 13.2 Å². The van der Waals surface area contributed by atoms with Gasteiger partial charge in [-0.05, 0) is 62.0 Å². The van der Waals surface area contributed by atoms with Crippen LogP contribution in [0.3, 0.4) is 0 Å². The van der Waals surface area contributed by atoms with Crippen molar-refractivity contribution >= 4 is 11.6 Å². The number of nitrogens with one attached hydrogen (secondary N) is 2. The number of amides is 1. The van der Waals surface area contributed by atoms with Gasteiger partial charge in [-0.1, -0.05) is 6.92 Å². The number of nitrogens with zero attached hydrogens (tertiary/aromatic N) is 2. The van der Waals surface area contributed by atoms with Gasteiger partial charge in [0.05, 0.1) is 42.9 Å². The van der Waals surface area contributed by atoms with E-state index in [4.69, 9.17) is 14.6 Å². The quantitative estimate of drug-likeness (QED) is 0.244. The molecular formula is C30H34F4N4O5.